The molecule has 0 radical (unpaired) electrons. The van der Waals surface area contributed by atoms with E-state index in [1.807, 2.05) is 0 Å². The van der Waals surface area contributed by atoms with E-state index < -0.39 is 0 Å². The minimum Gasteiger partial charge on any atom is -0.382 e. The number of rotatable bonds is 12. The molecule has 19 heavy (non-hydrogen) atoms. The summed E-state index contributed by atoms with van der Waals surface area (Å²) in [5, 5.41) is 0. The molecule has 1 rings (SSSR count). The van der Waals surface area contributed by atoms with Crippen molar-refractivity contribution < 1.29 is 23.7 Å². The maximum atomic E-state index is 5.51. The Labute approximate surface area is 115 Å². The van der Waals surface area contributed by atoms with Crippen molar-refractivity contribution in [2.75, 3.05) is 86.2 Å². The highest BCUT2D eigenvalue weighted by atomic mass is 16.6. The zero-order chi connectivity index (χ0) is 13.6. The molecule has 0 amide bonds. The molecule has 0 aromatic rings. The van der Waals surface area contributed by atoms with E-state index in [0.29, 0.717) is 39.6 Å². The number of morpholine rings is 1. The molecule has 114 valence electrons. The van der Waals surface area contributed by atoms with Crippen LogP contribution in [0.4, 0.5) is 0 Å². The Morgan fingerprint density at radius 3 is 1.89 bits per heavy atom. The molecule has 6 nitrogen and oxygen atoms in total. The molecule has 1 aliphatic heterocycles. The molecule has 0 saturated carbocycles. The molecule has 0 aliphatic carbocycles. The maximum Gasteiger partial charge on any atom is 0.0701 e. The lowest BCUT2D eigenvalue weighted by Gasteiger charge is -2.26. The SMILES string of the molecule is COCCOCCOCCOCCN1CCOCC1. The standard InChI is InChI=1S/C13H27NO5/c1-15-8-9-18-12-13-19-11-10-17-7-4-14-2-5-16-6-3-14/h2-13H2,1H3. The van der Waals surface area contributed by atoms with Crippen LogP contribution in [0.5, 0.6) is 0 Å². The topological polar surface area (TPSA) is 49.4 Å². The first-order chi connectivity index (χ1) is 9.43. The van der Waals surface area contributed by atoms with E-state index in [2.05, 4.69) is 4.90 Å². The molecule has 6 heteroatoms. The molecule has 0 aromatic carbocycles. The van der Waals surface area contributed by atoms with Crippen molar-refractivity contribution in [1.29, 1.82) is 0 Å². The van der Waals surface area contributed by atoms with Gasteiger partial charge < -0.3 is 23.7 Å². The Bertz CT molecular complexity index is 188. The fraction of sp³-hybridized carbons (Fsp3) is 1.00. The number of nitrogens with zero attached hydrogens (tertiary/aromatic N) is 1. The predicted octanol–water partition coefficient (Wildman–Crippen LogP) is 0.0148. The molecule has 0 N–H and O–H groups in total. The van der Waals surface area contributed by atoms with Gasteiger partial charge >= 0.3 is 0 Å². The van der Waals surface area contributed by atoms with Crippen LogP contribution in [-0.2, 0) is 23.7 Å². The first-order valence-electron chi connectivity index (χ1n) is 6.96. The summed E-state index contributed by atoms with van der Waals surface area (Å²) in [4.78, 5) is 2.36. The summed E-state index contributed by atoms with van der Waals surface area (Å²) in [5.41, 5.74) is 0. The second-order valence-electron chi connectivity index (χ2n) is 4.28. The largest absolute Gasteiger partial charge is 0.382 e. The summed E-state index contributed by atoms with van der Waals surface area (Å²) in [6.07, 6.45) is 0. The molecular formula is C13H27NO5. The van der Waals surface area contributed by atoms with Crippen molar-refractivity contribution in [1.82, 2.24) is 4.90 Å². The summed E-state index contributed by atoms with van der Waals surface area (Å²) in [5.74, 6) is 0. The van der Waals surface area contributed by atoms with Crippen molar-refractivity contribution in [3.63, 3.8) is 0 Å². The van der Waals surface area contributed by atoms with Gasteiger partial charge in [-0.25, -0.2) is 0 Å². The number of ether oxygens (including phenoxy) is 5. The van der Waals surface area contributed by atoms with Gasteiger partial charge in [0.2, 0.25) is 0 Å². The van der Waals surface area contributed by atoms with Crippen molar-refractivity contribution in [2.45, 2.75) is 0 Å². The van der Waals surface area contributed by atoms with Crippen LogP contribution in [-0.4, -0.2) is 91.1 Å². The van der Waals surface area contributed by atoms with Gasteiger partial charge in [-0.3, -0.25) is 4.90 Å². The Morgan fingerprint density at radius 1 is 0.789 bits per heavy atom. The van der Waals surface area contributed by atoms with Gasteiger partial charge in [-0.05, 0) is 0 Å². The van der Waals surface area contributed by atoms with Crippen molar-refractivity contribution >= 4 is 0 Å². The summed E-state index contributed by atoms with van der Waals surface area (Å²) < 4.78 is 26.3. The Kier molecular flexibility index (Phi) is 11.3. The van der Waals surface area contributed by atoms with Crippen LogP contribution in [0.2, 0.25) is 0 Å². The van der Waals surface area contributed by atoms with Crippen LogP contribution in [0.15, 0.2) is 0 Å². The molecule has 1 aliphatic rings. The van der Waals surface area contributed by atoms with E-state index >= 15 is 0 Å². The van der Waals surface area contributed by atoms with Gasteiger partial charge in [0.05, 0.1) is 59.5 Å². The smallest absolute Gasteiger partial charge is 0.0701 e. The van der Waals surface area contributed by atoms with Gasteiger partial charge in [0.1, 0.15) is 0 Å². The zero-order valence-corrected chi connectivity index (χ0v) is 12.0. The lowest BCUT2D eigenvalue weighted by Crippen LogP contribution is -2.38. The van der Waals surface area contributed by atoms with Gasteiger partial charge in [-0.15, -0.1) is 0 Å². The second-order valence-corrected chi connectivity index (χ2v) is 4.28. The highest BCUT2D eigenvalue weighted by molar-refractivity contribution is 4.60. The minimum absolute atomic E-state index is 0.608. The average molecular weight is 277 g/mol. The quantitative estimate of drug-likeness (QED) is 0.469. The molecule has 1 fully saturated rings. The van der Waals surface area contributed by atoms with Crippen molar-refractivity contribution in [3.05, 3.63) is 0 Å². The maximum absolute atomic E-state index is 5.51. The number of methoxy groups -OCH3 is 1. The lowest BCUT2D eigenvalue weighted by atomic mass is 10.4. The Balaban J connectivity index is 1.71. The van der Waals surface area contributed by atoms with Crippen molar-refractivity contribution in [2.24, 2.45) is 0 Å². The van der Waals surface area contributed by atoms with E-state index in [1.165, 1.54) is 0 Å². The third-order valence-electron chi connectivity index (χ3n) is 2.83. The summed E-state index contributed by atoms with van der Waals surface area (Å²) in [6.45, 7) is 9.17. The molecule has 0 atom stereocenters. The molecular weight excluding hydrogens is 250 g/mol. The highest BCUT2D eigenvalue weighted by Gasteiger charge is 2.08. The molecule has 0 aromatic heterocycles. The van der Waals surface area contributed by atoms with E-state index in [4.69, 9.17) is 23.7 Å². The van der Waals surface area contributed by atoms with E-state index in [0.717, 1.165) is 39.5 Å². The normalized spacial score (nSPS) is 16.9. The second kappa shape index (κ2) is 12.8. The molecule has 0 unspecified atom stereocenters. The van der Waals surface area contributed by atoms with E-state index in [-0.39, 0.29) is 0 Å². The number of hydrogen-bond acceptors (Lipinski definition) is 6. The van der Waals surface area contributed by atoms with Crippen molar-refractivity contribution in [3.8, 4) is 0 Å². The number of hydrogen-bond donors (Lipinski definition) is 0. The average Bonchev–Trinajstić information content (AvgIpc) is 2.46. The minimum atomic E-state index is 0.608. The Morgan fingerprint density at radius 2 is 1.32 bits per heavy atom. The molecule has 0 spiro atoms. The zero-order valence-electron chi connectivity index (χ0n) is 12.0. The Hall–Kier alpha value is -0.240. The van der Waals surface area contributed by atoms with E-state index in [1.54, 1.807) is 7.11 Å². The van der Waals surface area contributed by atoms with Gasteiger partial charge in [-0.2, -0.15) is 0 Å². The summed E-state index contributed by atoms with van der Waals surface area (Å²) >= 11 is 0. The van der Waals surface area contributed by atoms with Crippen LogP contribution in [0.25, 0.3) is 0 Å². The van der Waals surface area contributed by atoms with E-state index in [9.17, 15) is 0 Å². The molecule has 1 heterocycles. The van der Waals surface area contributed by atoms with Crippen LogP contribution < -0.4 is 0 Å². The predicted molar refractivity (Wildman–Crippen MR) is 71.6 cm³/mol. The van der Waals surface area contributed by atoms with Gasteiger partial charge in [0.15, 0.2) is 0 Å². The lowest BCUT2D eigenvalue weighted by molar-refractivity contribution is -0.00721. The fourth-order valence-electron chi connectivity index (χ4n) is 1.70. The first kappa shape index (κ1) is 16.8. The van der Waals surface area contributed by atoms with Crippen LogP contribution in [0, 0.1) is 0 Å². The first-order valence-corrected chi connectivity index (χ1v) is 6.96. The summed E-state index contributed by atoms with van der Waals surface area (Å²) in [6, 6.07) is 0. The third-order valence-corrected chi connectivity index (χ3v) is 2.83. The van der Waals surface area contributed by atoms with Gasteiger partial charge in [0.25, 0.3) is 0 Å². The molecule has 0 bridgehead atoms. The monoisotopic (exact) mass is 277 g/mol. The van der Waals surface area contributed by atoms with Crippen LogP contribution in [0.1, 0.15) is 0 Å². The van der Waals surface area contributed by atoms with Gasteiger partial charge in [0, 0.05) is 26.7 Å². The fourth-order valence-corrected chi connectivity index (χ4v) is 1.70. The van der Waals surface area contributed by atoms with Gasteiger partial charge in [-0.1, -0.05) is 0 Å². The summed E-state index contributed by atoms with van der Waals surface area (Å²) in [7, 11) is 1.66. The highest BCUT2D eigenvalue weighted by Crippen LogP contribution is 1.95. The molecule has 1 saturated heterocycles. The third kappa shape index (κ3) is 10.2. The van der Waals surface area contributed by atoms with Crippen LogP contribution >= 0.6 is 0 Å². The van der Waals surface area contributed by atoms with Crippen LogP contribution in [0.3, 0.4) is 0 Å².